The molecule has 2 fully saturated rings. The summed E-state index contributed by atoms with van der Waals surface area (Å²) >= 11 is 0. The first-order valence-corrected chi connectivity index (χ1v) is 7.89. The summed E-state index contributed by atoms with van der Waals surface area (Å²) in [5, 5.41) is 10.7. The molecule has 3 rings (SSSR count). The number of fused-ring (bicyclic) bond motifs is 1. The molecule has 6 nitrogen and oxygen atoms in total. The molecule has 124 valence electrons. The van der Waals surface area contributed by atoms with Gasteiger partial charge in [0, 0.05) is 23.0 Å². The van der Waals surface area contributed by atoms with Crippen molar-refractivity contribution in [2.75, 3.05) is 13.2 Å². The summed E-state index contributed by atoms with van der Waals surface area (Å²) in [5.41, 5.74) is 0.154. The van der Waals surface area contributed by atoms with Gasteiger partial charge in [0.15, 0.2) is 0 Å². The van der Waals surface area contributed by atoms with E-state index in [1.807, 2.05) is 0 Å². The van der Waals surface area contributed by atoms with Crippen molar-refractivity contribution in [3.05, 3.63) is 39.9 Å². The third kappa shape index (κ3) is 2.61. The van der Waals surface area contributed by atoms with Gasteiger partial charge in [0.05, 0.1) is 23.7 Å². The Kier molecular flexibility index (Phi) is 3.88. The van der Waals surface area contributed by atoms with Gasteiger partial charge in [0.2, 0.25) is 0 Å². The summed E-state index contributed by atoms with van der Waals surface area (Å²) in [7, 11) is 0. The van der Waals surface area contributed by atoms with E-state index in [-0.39, 0.29) is 22.6 Å². The number of hydrogen-bond acceptors (Lipinski definition) is 5. The number of esters is 1. The third-order valence-corrected chi connectivity index (χ3v) is 5.67. The van der Waals surface area contributed by atoms with E-state index in [1.165, 1.54) is 24.3 Å². The van der Waals surface area contributed by atoms with Crippen LogP contribution in [0.1, 0.15) is 43.5 Å². The second-order valence-electron chi connectivity index (χ2n) is 7.06. The van der Waals surface area contributed by atoms with Crippen LogP contribution in [0.5, 0.6) is 0 Å². The minimum atomic E-state index is -0.488. The lowest BCUT2D eigenvalue weighted by molar-refractivity contribution is -0.384. The van der Waals surface area contributed by atoms with Gasteiger partial charge in [-0.3, -0.25) is 10.1 Å². The van der Waals surface area contributed by atoms with Crippen LogP contribution in [0.15, 0.2) is 24.3 Å². The monoisotopic (exact) mass is 319 g/mol. The van der Waals surface area contributed by atoms with Gasteiger partial charge in [-0.2, -0.15) is 0 Å². The number of ether oxygens (including phenoxy) is 2. The van der Waals surface area contributed by atoms with Crippen LogP contribution in [-0.4, -0.2) is 30.2 Å². The maximum absolute atomic E-state index is 12.4. The molecule has 0 radical (unpaired) electrons. The van der Waals surface area contributed by atoms with Crippen molar-refractivity contribution in [2.24, 2.45) is 10.8 Å². The van der Waals surface area contributed by atoms with Crippen LogP contribution in [0.3, 0.4) is 0 Å². The lowest BCUT2D eigenvalue weighted by Crippen LogP contribution is -2.50. The Bertz CT molecular complexity index is 628. The molecule has 1 aliphatic carbocycles. The molecule has 23 heavy (non-hydrogen) atoms. The minimum absolute atomic E-state index is 0.0334. The summed E-state index contributed by atoms with van der Waals surface area (Å²) < 4.78 is 11.5. The molecule has 6 heteroatoms. The predicted molar refractivity (Wildman–Crippen MR) is 83.2 cm³/mol. The van der Waals surface area contributed by atoms with Gasteiger partial charge in [-0.25, -0.2) is 4.79 Å². The van der Waals surface area contributed by atoms with E-state index in [1.54, 1.807) is 0 Å². The van der Waals surface area contributed by atoms with Gasteiger partial charge in [-0.15, -0.1) is 0 Å². The standard InChI is InChI=1S/C17H21NO5/c1-16-9-3-4-14(17(16,2)11-22-10-16)23-15(19)12-5-7-13(8-6-12)18(20)21/h5-8,14H,3-4,9-11H2,1-2H3. The minimum Gasteiger partial charge on any atom is -0.458 e. The summed E-state index contributed by atoms with van der Waals surface area (Å²) in [5.74, 6) is -0.428. The van der Waals surface area contributed by atoms with Crippen LogP contribution in [0, 0.1) is 20.9 Å². The molecular weight excluding hydrogens is 298 g/mol. The van der Waals surface area contributed by atoms with Gasteiger partial charge in [-0.05, 0) is 31.4 Å². The lowest BCUT2D eigenvalue weighted by atomic mass is 9.58. The molecule has 3 atom stereocenters. The van der Waals surface area contributed by atoms with Crippen LogP contribution in [0.25, 0.3) is 0 Å². The van der Waals surface area contributed by atoms with Crippen molar-refractivity contribution >= 4 is 11.7 Å². The van der Waals surface area contributed by atoms with Crippen molar-refractivity contribution in [3.8, 4) is 0 Å². The second kappa shape index (κ2) is 5.60. The number of non-ortho nitro benzene ring substituents is 1. The van der Waals surface area contributed by atoms with Gasteiger partial charge < -0.3 is 9.47 Å². The molecule has 1 saturated heterocycles. The molecule has 0 spiro atoms. The van der Waals surface area contributed by atoms with E-state index in [0.29, 0.717) is 18.8 Å². The SMILES string of the molecule is CC12CCCC(OC(=O)c3ccc([N+](=O)[O-])cc3)C1(C)COC2. The maximum atomic E-state index is 12.4. The van der Waals surface area contributed by atoms with E-state index in [0.717, 1.165) is 19.3 Å². The normalized spacial score (nSPS) is 33.0. The summed E-state index contributed by atoms with van der Waals surface area (Å²) in [6, 6.07) is 5.52. The molecule has 1 aromatic carbocycles. The first-order chi connectivity index (χ1) is 10.9. The number of nitrogens with zero attached hydrogens (tertiary/aromatic N) is 1. The van der Waals surface area contributed by atoms with Crippen LogP contribution < -0.4 is 0 Å². The fourth-order valence-electron chi connectivity index (χ4n) is 3.77. The number of carbonyl (C=O) groups is 1. The van der Waals surface area contributed by atoms with Gasteiger partial charge in [0.1, 0.15) is 6.10 Å². The average Bonchev–Trinajstić information content (AvgIpc) is 2.84. The van der Waals surface area contributed by atoms with Crippen LogP contribution in [0.4, 0.5) is 5.69 Å². The molecule has 2 aliphatic rings. The van der Waals surface area contributed by atoms with Crippen LogP contribution in [0.2, 0.25) is 0 Å². The Hall–Kier alpha value is -1.95. The topological polar surface area (TPSA) is 78.7 Å². The smallest absolute Gasteiger partial charge is 0.338 e. The van der Waals surface area contributed by atoms with E-state index < -0.39 is 10.9 Å². The Labute approximate surface area is 134 Å². The quantitative estimate of drug-likeness (QED) is 0.485. The fraction of sp³-hybridized carbons (Fsp3) is 0.588. The number of carbonyl (C=O) groups excluding carboxylic acids is 1. The summed E-state index contributed by atoms with van der Waals surface area (Å²) in [6.45, 7) is 5.63. The van der Waals surface area contributed by atoms with E-state index in [2.05, 4.69) is 13.8 Å². The first-order valence-electron chi connectivity index (χ1n) is 7.89. The van der Waals surface area contributed by atoms with Crippen molar-refractivity contribution in [3.63, 3.8) is 0 Å². The van der Waals surface area contributed by atoms with Gasteiger partial charge in [0.25, 0.3) is 5.69 Å². The number of nitro benzene ring substituents is 1. The van der Waals surface area contributed by atoms with E-state index in [9.17, 15) is 14.9 Å². The number of benzene rings is 1. The molecule has 0 N–H and O–H groups in total. The first kappa shape index (κ1) is 15.9. The Morgan fingerprint density at radius 2 is 2.00 bits per heavy atom. The van der Waals surface area contributed by atoms with Gasteiger partial charge >= 0.3 is 5.97 Å². The van der Waals surface area contributed by atoms with Crippen molar-refractivity contribution in [2.45, 2.75) is 39.2 Å². The highest BCUT2D eigenvalue weighted by molar-refractivity contribution is 5.89. The Morgan fingerprint density at radius 1 is 1.30 bits per heavy atom. The zero-order chi connectivity index (χ0) is 16.7. The van der Waals surface area contributed by atoms with Crippen molar-refractivity contribution in [1.82, 2.24) is 0 Å². The molecule has 1 heterocycles. The highest BCUT2D eigenvalue weighted by Gasteiger charge is 2.57. The predicted octanol–water partition coefficient (Wildman–Crippen LogP) is 3.35. The van der Waals surface area contributed by atoms with E-state index >= 15 is 0 Å². The lowest BCUT2D eigenvalue weighted by Gasteiger charge is -2.48. The fourth-order valence-corrected chi connectivity index (χ4v) is 3.77. The van der Waals surface area contributed by atoms with Crippen LogP contribution >= 0.6 is 0 Å². The molecular formula is C17H21NO5. The van der Waals surface area contributed by atoms with Crippen molar-refractivity contribution < 1.29 is 19.2 Å². The molecule has 0 aromatic heterocycles. The average molecular weight is 319 g/mol. The molecule has 1 saturated carbocycles. The molecule has 1 aliphatic heterocycles. The summed E-state index contributed by atoms with van der Waals surface area (Å²) in [6.07, 6.45) is 2.73. The third-order valence-electron chi connectivity index (χ3n) is 5.67. The number of rotatable bonds is 3. The molecule has 0 bridgehead atoms. The highest BCUT2D eigenvalue weighted by Crippen LogP contribution is 2.55. The second-order valence-corrected chi connectivity index (χ2v) is 7.06. The molecule has 0 amide bonds. The van der Waals surface area contributed by atoms with Gasteiger partial charge in [-0.1, -0.05) is 13.8 Å². The zero-order valence-electron chi connectivity index (χ0n) is 13.4. The maximum Gasteiger partial charge on any atom is 0.338 e. The Balaban J connectivity index is 1.75. The number of nitro groups is 1. The van der Waals surface area contributed by atoms with E-state index in [4.69, 9.17) is 9.47 Å². The van der Waals surface area contributed by atoms with Crippen LogP contribution in [-0.2, 0) is 9.47 Å². The molecule has 3 unspecified atom stereocenters. The van der Waals surface area contributed by atoms with Crippen molar-refractivity contribution in [1.29, 1.82) is 0 Å². The highest BCUT2D eigenvalue weighted by atomic mass is 16.6. The number of hydrogen-bond donors (Lipinski definition) is 0. The summed E-state index contributed by atoms with van der Waals surface area (Å²) in [4.78, 5) is 22.6. The largest absolute Gasteiger partial charge is 0.458 e. The Morgan fingerprint density at radius 3 is 2.65 bits per heavy atom. The molecule has 1 aromatic rings. The zero-order valence-corrected chi connectivity index (χ0v) is 13.4.